The summed E-state index contributed by atoms with van der Waals surface area (Å²) in [5.41, 5.74) is 3.57. The standard InChI is InChI=1S/C21H26N2O3S2/c1-15-14-16(2)18(4)21(17(15)3)28(25,26)23-11-9-22(10-12-23)20(24)8-7-19-6-5-13-27-19/h5-8,13-14H,9-12H2,1-4H3/b8-7+. The molecule has 150 valence electrons. The van der Waals surface area contributed by atoms with Gasteiger partial charge in [-0.25, -0.2) is 8.42 Å². The largest absolute Gasteiger partial charge is 0.337 e. The SMILES string of the molecule is Cc1cc(C)c(C)c(S(=O)(=O)N2CCN(C(=O)/C=C/c3cccs3)CC2)c1C. The summed E-state index contributed by atoms with van der Waals surface area (Å²) in [5, 5.41) is 1.96. The number of rotatable bonds is 4. The third kappa shape index (κ3) is 4.06. The molecule has 7 heteroatoms. The summed E-state index contributed by atoms with van der Waals surface area (Å²) in [6, 6.07) is 5.92. The monoisotopic (exact) mass is 418 g/mol. The Morgan fingerprint density at radius 2 is 1.64 bits per heavy atom. The first-order valence-corrected chi connectivity index (χ1v) is 11.6. The highest BCUT2D eigenvalue weighted by Crippen LogP contribution is 2.29. The quantitative estimate of drug-likeness (QED) is 0.714. The van der Waals surface area contributed by atoms with Crippen LogP contribution in [-0.2, 0) is 14.8 Å². The van der Waals surface area contributed by atoms with Crippen LogP contribution in [0.5, 0.6) is 0 Å². The number of amides is 1. The molecule has 5 nitrogen and oxygen atoms in total. The molecule has 1 fully saturated rings. The van der Waals surface area contributed by atoms with Gasteiger partial charge >= 0.3 is 0 Å². The zero-order valence-corrected chi connectivity index (χ0v) is 18.4. The lowest BCUT2D eigenvalue weighted by Gasteiger charge is -2.34. The molecule has 1 aromatic carbocycles. The fourth-order valence-corrected chi connectivity index (χ4v) is 6.11. The van der Waals surface area contributed by atoms with Crippen LogP contribution in [0.15, 0.2) is 34.6 Å². The summed E-state index contributed by atoms with van der Waals surface area (Å²) in [5.74, 6) is -0.0794. The topological polar surface area (TPSA) is 57.7 Å². The number of carbonyl (C=O) groups is 1. The van der Waals surface area contributed by atoms with Crippen LogP contribution in [0, 0.1) is 27.7 Å². The lowest BCUT2D eigenvalue weighted by atomic mass is 10.0. The van der Waals surface area contributed by atoms with E-state index >= 15 is 0 Å². The van der Waals surface area contributed by atoms with Crippen molar-refractivity contribution >= 4 is 33.3 Å². The summed E-state index contributed by atoms with van der Waals surface area (Å²) in [4.78, 5) is 15.5. The van der Waals surface area contributed by atoms with Gasteiger partial charge in [0.15, 0.2) is 0 Å². The molecule has 2 aromatic rings. The Hall–Kier alpha value is -1.96. The Labute approximate surface area is 171 Å². The maximum absolute atomic E-state index is 13.3. The molecule has 3 rings (SSSR count). The highest BCUT2D eigenvalue weighted by molar-refractivity contribution is 7.89. The van der Waals surface area contributed by atoms with E-state index in [0.29, 0.717) is 31.1 Å². The average molecular weight is 419 g/mol. The van der Waals surface area contributed by atoms with Crippen molar-refractivity contribution in [3.63, 3.8) is 0 Å². The van der Waals surface area contributed by atoms with Crippen molar-refractivity contribution in [1.29, 1.82) is 0 Å². The number of aryl methyl sites for hydroxylation is 2. The number of hydrogen-bond acceptors (Lipinski definition) is 4. The van der Waals surface area contributed by atoms with Crippen LogP contribution in [0.4, 0.5) is 0 Å². The Kier molecular flexibility index (Phi) is 6.07. The molecule has 0 N–H and O–H groups in total. The van der Waals surface area contributed by atoms with Crippen LogP contribution in [-0.4, -0.2) is 49.7 Å². The molecule has 2 heterocycles. The van der Waals surface area contributed by atoms with E-state index in [1.54, 1.807) is 28.4 Å². The third-order valence-corrected chi connectivity index (χ3v) is 8.39. The van der Waals surface area contributed by atoms with E-state index in [9.17, 15) is 13.2 Å². The highest BCUT2D eigenvalue weighted by atomic mass is 32.2. The van der Waals surface area contributed by atoms with Crippen molar-refractivity contribution in [2.75, 3.05) is 26.2 Å². The van der Waals surface area contributed by atoms with Gasteiger partial charge in [0.1, 0.15) is 0 Å². The van der Waals surface area contributed by atoms with Crippen molar-refractivity contribution in [2.45, 2.75) is 32.6 Å². The Morgan fingerprint density at radius 3 is 2.18 bits per heavy atom. The molecular formula is C21H26N2O3S2. The van der Waals surface area contributed by atoms with Gasteiger partial charge in [0.2, 0.25) is 15.9 Å². The van der Waals surface area contributed by atoms with Crippen LogP contribution < -0.4 is 0 Å². The molecule has 0 unspecified atom stereocenters. The molecule has 0 spiro atoms. The number of piperazine rings is 1. The zero-order valence-electron chi connectivity index (χ0n) is 16.7. The summed E-state index contributed by atoms with van der Waals surface area (Å²) in [6.07, 6.45) is 3.37. The fraction of sp³-hybridized carbons (Fsp3) is 0.381. The lowest BCUT2D eigenvalue weighted by molar-refractivity contribution is -0.127. The summed E-state index contributed by atoms with van der Waals surface area (Å²) in [6.45, 7) is 9.04. The molecule has 0 atom stereocenters. The van der Waals surface area contributed by atoms with Crippen molar-refractivity contribution in [3.8, 4) is 0 Å². The van der Waals surface area contributed by atoms with Gasteiger partial charge < -0.3 is 4.90 Å². The molecule has 1 aromatic heterocycles. The second kappa shape index (κ2) is 8.19. The Balaban J connectivity index is 1.73. The normalized spacial score (nSPS) is 16.1. The van der Waals surface area contributed by atoms with Gasteiger partial charge in [-0.05, 0) is 67.5 Å². The minimum Gasteiger partial charge on any atom is -0.337 e. The average Bonchev–Trinajstić information content (AvgIpc) is 3.18. The third-order valence-electron chi connectivity index (χ3n) is 5.38. The molecular weight excluding hydrogens is 392 g/mol. The first-order chi connectivity index (χ1) is 13.2. The van der Waals surface area contributed by atoms with Crippen LogP contribution in [0.2, 0.25) is 0 Å². The van der Waals surface area contributed by atoms with Gasteiger partial charge in [0.05, 0.1) is 4.90 Å². The van der Waals surface area contributed by atoms with Crippen LogP contribution in [0.3, 0.4) is 0 Å². The molecule has 0 aliphatic carbocycles. The second-order valence-corrected chi connectivity index (χ2v) is 10.0. The molecule has 1 saturated heterocycles. The molecule has 1 amide bonds. The van der Waals surface area contributed by atoms with E-state index in [4.69, 9.17) is 0 Å². The van der Waals surface area contributed by atoms with Crippen molar-refractivity contribution < 1.29 is 13.2 Å². The van der Waals surface area contributed by atoms with Crippen LogP contribution in [0.1, 0.15) is 27.1 Å². The summed E-state index contributed by atoms with van der Waals surface area (Å²) < 4.78 is 28.1. The Bertz CT molecular complexity index is 975. The molecule has 1 aliphatic rings. The molecule has 1 aliphatic heterocycles. The van der Waals surface area contributed by atoms with Crippen molar-refractivity contribution in [2.24, 2.45) is 0 Å². The van der Waals surface area contributed by atoms with E-state index in [0.717, 1.165) is 27.1 Å². The molecule has 0 saturated carbocycles. The molecule has 0 bridgehead atoms. The molecule has 0 radical (unpaired) electrons. The van der Waals surface area contributed by atoms with Gasteiger partial charge in [0, 0.05) is 37.1 Å². The Morgan fingerprint density at radius 1 is 1.04 bits per heavy atom. The van der Waals surface area contributed by atoms with Gasteiger partial charge in [0.25, 0.3) is 0 Å². The van der Waals surface area contributed by atoms with E-state index in [-0.39, 0.29) is 5.91 Å². The van der Waals surface area contributed by atoms with Crippen LogP contribution in [0.25, 0.3) is 6.08 Å². The minimum absolute atomic E-state index is 0.0794. The predicted octanol–water partition coefficient (Wildman–Crippen LogP) is 3.53. The van der Waals surface area contributed by atoms with Gasteiger partial charge in [-0.2, -0.15) is 4.31 Å². The van der Waals surface area contributed by atoms with Crippen LogP contribution >= 0.6 is 11.3 Å². The number of nitrogens with zero attached hydrogens (tertiary/aromatic N) is 2. The van der Waals surface area contributed by atoms with Crippen molar-refractivity contribution in [1.82, 2.24) is 9.21 Å². The van der Waals surface area contributed by atoms with E-state index < -0.39 is 10.0 Å². The summed E-state index contributed by atoms with van der Waals surface area (Å²) in [7, 11) is -3.59. The predicted molar refractivity (Wildman–Crippen MR) is 114 cm³/mol. The van der Waals surface area contributed by atoms with Gasteiger partial charge in [-0.1, -0.05) is 12.1 Å². The minimum atomic E-state index is -3.59. The van der Waals surface area contributed by atoms with Gasteiger partial charge in [-0.3, -0.25) is 4.79 Å². The first-order valence-electron chi connectivity index (χ1n) is 9.30. The number of sulfonamides is 1. The first kappa shape index (κ1) is 20.8. The van der Waals surface area contributed by atoms with E-state index in [2.05, 4.69) is 0 Å². The number of carbonyl (C=O) groups excluding carboxylic acids is 1. The number of thiophene rings is 1. The number of hydrogen-bond donors (Lipinski definition) is 0. The van der Waals surface area contributed by atoms with Crippen molar-refractivity contribution in [3.05, 3.63) is 56.8 Å². The van der Waals surface area contributed by atoms with E-state index in [1.165, 1.54) is 4.31 Å². The second-order valence-electron chi connectivity index (χ2n) is 7.17. The van der Waals surface area contributed by atoms with Gasteiger partial charge in [-0.15, -0.1) is 11.3 Å². The highest BCUT2D eigenvalue weighted by Gasteiger charge is 2.32. The zero-order chi connectivity index (χ0) is 20.5. The maximum atomic E-state index is 13.3. The maximum Gasteiger partial charge on any atom is 0.246 e. The molecule has 28 heavy (non-hydrogen) atoms. The number of benzene rings is 1. The lowest BCUT2D eigenvalue weighted by Crippen LogP contribution is -2.50. The van der Waals surface area contributed by atoms with E-state index in [1.807, 2.05) is 51.3 Å². The summed E-state index contributed by atoms with van der Waals surface area (Å²) >= 11 is 1.57. The fourth-order valence-electron chi connectivity index (χ4n) is 3.49. The smallest absolute Gasteiger partial charge is 0.246 e.